The highest BCUT2D eigenvalue weighted by Gasteiger charge is 2.25. The Kier molecular flexibility index (Phi) is 5.76. The van der Waals surface area contributed by atoms with E-state index in [1.165, 1.54) is 0 Å². The molecule has 0 fully saturated rings. The molecule has 1 aromatic heterocycles. The van der Waals surface area contributed by atoms with E-state index in [2.05, 4.69) is 4.98 Å². The van der Waals surface area contributed by atoms with Crippen LogP contribution >= 0.6 is 11.6 Å². The van der Waals surface area contributed by atoms with Gasteiger partial charge in [-0.1, -0.05) is 31.5 Å². The monoisotopic (exact) mass is 283 g/mol. The molecule has 0 aliphatic rings. The molecule has 1 unspecified atom stereocenters. The van der Waals surface area contributed by atoms with Crippen LogP contribution in [0.5, 0.6) is 0 Å². The van der Waals surface area contributed by atoms with Crippen molar-refractivity contribution in [1.82, 2.24) is 9.88 Å². The summed E-state index contributed by atoms with van der Waals surface area (Å²) in [6.45, 7) is 8.36. The van der Waals surface area contributed by atoms with Crippen LogP contribution in [0, 0.1) is 5.92 Å². The quantitative estimate of drug-likeness (QED) is 0.845. The van der Waals surface area contributed by atoms with Gasteiger partial charge in [0.15, 0.2) is 0 Å². The number of carbonyl (C=O) groups is 1. The van der Waals surface area contributed by atoms with Crippen LogP contribution in [0.2, 0.25) is 5.15 Å². The first-order chi connectivity index (χ1) is 8.82. The van der Waals surface area contributed by atoms with Crippen molar-refractivity contribution >= 4 is 17.5 Å². The Bertz CT molecular complexity index is 417. The number of aromatic nitrogens is 1. The van der Waals surface area contributed by atoms with Gasteiger partial charge in [-0.3, -0.25) is 4.79 Å². The Morgan fingerprint density at radius 1 is 1.37 bits per heavy atom. The molecule has 4 nitrogen and oxygen atoms in total. The van der Waals surface area contributed by atoms with Crippen LogP contribution in [0.15, 0.2) is 18.3 Å². The number of pyridine rings is 1. The van der Waals surface area contributed by atoms with Crippen molar-refractivity contribution in [3.63, 3.8) is 0 Å². The average molecular weight is 284 g/mol. The molecule has 0 saturated heterocycles. The van der Waals surface area contributed by atoms with Gasteiger partial charge in [0.2, 0.25) is 5.91 Å². The van der Waals surface area contributed by atoms with Crippen molar-refractivity contribution in [3.05, 3.63) is 29.0 Å². The highest BCUT2D eigenvalue weighted by molar-refractivity contribution is 6.29. The van der Waals surface area contributed by atoms with Crippen LogP contribution in [0.25, 0.3) is 0 Å². The molecule has 0 saturated carbocycles. The summed E-state index contributed by atoms with van der Waals surface area (Å²) in [6, 6.07) is 3.22. The molecule has 19 heavy (non-hydrogen) atoms. The first kappa shape index (κ1) is 15.9. The second kappa shape index (κ2) is 6.87. The summed E-state index contributed by atoms with van der Waals surface area (Å²) in [4.78, 5) is 18.2. The number of halogens is 1. The lowest BCUT2D eigenvalue weighted by Gasteiger charge is -2.30. The molecular formula is C14H22ClN3O. The number of nitrogens with zero attached hydrogens (tertiary/aromatic N) is 2. The maximum atomic E-state index is 12.4. The molecule has 1 atom stereocenters. The third kappa shape index (κ3) is 4.48. The average Bonchev–Trinajstić information content (AvgIpc) is 2.35. The van der Waals surface area contributed by atoms with Gasteiger partial charge in [-0.2, -0.15) is 0 Å². The lowest BCUT2D eigenvalue weighted by atomic mass is 10.0. The third-order valence-corrected chi connectivity index (χ3v) is 3.27. The SMILES string of the molecule is CC(C)C(N)C(=O)N(Cc1ccc(Cl)nc1)C(C)C. The molecule has 1 amide bonds. The molecular weight excluding hydrogens is 262 g/mol. The van der Waals surface area contributed by atoms with Gasteiger partial charge in [0.05, 0.1) is 6.04 Å². The van der Waals surface area contributed by atoms with Crippen LogP contribution in [0.3, 0.4) is 0 Å². The van der Waals surface area contributed by atoms with Gasteiger partial charge >= 0.3 is 0 Å². The van der Waals surface area contributed by atoms with E-state index >= 15 is 0 Å². The maximum absolute atomic E-state index is 12.4. The topological polar surface area (TPSA) is 59.2 Å². The zero-order valence-corrected chi connectivity index (χ0v) is 12.7. The summed E-state index contributed by atoms with van der Waals surface area (Å²) in [5, 5.41) is 0.449. The molecule has 0 aliphatic carbocycles. The number of amides is 1. The van der Waals surface area contributed by atoms with E-state index < -0.39 is 6.04 Å². The highest BCUT2D eigenvalue weighted by atomic mass is 35.5. The fourth-order valence-electron chi connectivity index (χ4n) is 1.69. The van der Waals surface area contributed by atoms with E-state index in [0.717, 1.165) is 5.56 Å². The van der Waals surface area contributed by atoms with E-state index in [9.17, 15) is 4.79 Å². The van der Waals surface area contributed by atoms with Crippen LogP contribution in [0.4, 0.5) is 0 Å². The minimum atomic E-state index is -0.470. The van der Waals surface area contributed by atoms with E-state index in [1.54, 1.807) is 17.2 Å². The van der Waals surface area contributed by atoms with Crippen molar-refractivity contribution in [3.8, 4) is 0 Å². The molecule has 1 aromatic rings. The molecule has 106 valence electrons. The lowest BCUT2D eigenvalue weighted by molar-refractivity contribution is -0.136. The number of rotatable bonds is 5. The van der Waals surface area contributed by atoms with Gasteiger partial charge < -0.3 is 10.6 Å². The van der Waals surface area contributed by atoms with Gasteiger partial charge in [0.25, 0.3) is 0 Å². The van der Waals surface area contributed by atoms with Crippen molar-refractivity contribution in [2.24, 2.45) is 11.7 Å². The Morgan fingerprint density at radius 2 is 2.00 bits per heavy atom. The van der Waals surface area contributed by atoms with Gasteiger partial charge in [-0.15, -0.1) is 0 Å². The summed E-state index contributed by atoms with van der Waals surface area (Å²) in [5.41, 5.74) is 6.90. The standard InChI is InChI=1S/C14H22ClN3O/c1-9(2)13(16)14(19)18(10(3)4)8-11-5-6-12(15)17-7-11/h5-7,9-10,13H,8,16H2,1-4H3. The van der Waals surface area contributed by atoms with Crippen molar-refractivity contribution in [2.45, 2.75) is 46.3 Å². The van der Waals surface area contributed by atoms with E-state index in [4.69, 9.17) is 17.3 Å². The summed E-state index contributed by atoms with van der Waals surface area (Å²) in [6.07, 6.45) is 1.69. The highest BCUT2D eigenvalue weighted by Crippen LogP contribution is 2.13. The fraction of sp³-hybridized carbons (Fsp3) is 0.571. The molecule has 0 radical (unpaired) electrons. The fourth-order valence-corrected chi connectivity index (χ4v) is 1.80. The van der Waals surface area contributed by atoms with Gasteiger partial charge in [0.1, 0.15) is 5.15 Å². The zero-order valence-electron chi connectivity index (χ0n) is 11.9. The molecule has 1 heterocycles. The van der Waals surface area contributed by atoms with Crippen LogP contribution in [-0.4, -0.2) is 27.9 Å². The van der Waals surface area contributed by atoms with Crippen molar-refractivity contribution < 1.29 is 4.79 Å². The zero-order chi connectivity index (χ0) is 14.6. The largest absolute Gasteiger partial charge is 0.335 e. The first-order valence-electron chi connectivity index (χ1n) is 6.49. The Balaban J connectivity index is 2.84. The molecule has 5 heteroatoms. The molecule has 1 rings (SSSR count). The smallest absolute Gasteiger partial charge is 0.240 e. The summed E-state index contributed by atoms with van der Waals surface area (Å²) in [7, 11) is 0. The van der Waals surface area contributed by atoms with Crippen LogP contribution < -0.4 is 5.73 Å². The summed E-state index contributed by atoms with van der Waals surface area (Å²) >= 11 is 5.75. The molecule has 2 N–H and O–H groups in total. The lowest BCUT2D eigenvalue weighted by Crippen LogP contribution is -2.48. The third-order valence-electron chi connectivity index (χ3n) is 3.05. The molecule has 0 spiro atoms. The predicted molar refractivity (Wildman–Crippen MR) is 77.7 cm³/mol. The first-order valence-corrected chi connectivity index (χ1v) is 6.87. The Morgan fingerprint density at radius 3 is 2.42 bits per heavy atom. The maximum Gasteiger partial charge on any atom is 0.240 e. The van der Waals surface area contributed by atoms with Crippen LogP contribution in [-0.2, 0) is 11.3 Å². The molecule has 0 bridgehead atoms. The van der Waals surface area contributed by atoms with E-state index in [0.29, 0.717) is 11.7 Å². The molecule has 0 aliphatic heterocycles. The Hall–Kier alpha value is -1.13. The second-order valence-corrected chi connectivity index (χ2v) is 5.71. The number of hydrogen-bond donors (Lipinski definition) is 1. The number of carbonyl (C=O) groups excluding carboxylic acids is 1. The normalized spacial score (nSPS) is 12.8. The predicted octanol–water partition coefficient (Wildman–Crippen LogP) is 2.46. The van der Waals surface area contributed by atoms with E-state index in [-0.39, 0.29) is 17.9 Å². The second-order valence-electron chi connectivity index (χ2n) is 5.32. The number of hydrogen-bond acceptors (Lipinski definition) is 3. The Labute approximate surface area is 120 Å². The summed E-state index contributed by atoms with van der Waals surface area (Å²) < 4.78 is 0. The summed E-state index contributed by atoms with van der Waals surface area (Å²) in [5.74, 6) is 0.0945. The van der Waals surface area contributed by atoms with Crippen molar-refractivity contribution in [1.29, 1.82) is 0 Å². The molecule has 0 aromatic carbocycles. The van der Waals surface area contributed by atoms with Gasteiger partial charge in [-0.05, 0) is 31.4 Å². The minimum absolute atomic E-state index is 0.0278. The van der Waals surface area contributed by atoms with Crippen LogP contribution in [0.1, 0.15) is 33.3 Å². The van der Waals surface area contributed by atoms with E-state index in [1.807, 2.05) is 33.8 Å². The van der Waals surface area contributed by atoms with Gasteiger partial charge in [-0.25, -0.2) is 4.98 Å². The minimum Gasteiger partial charge on any atom is -0.335 e. The van der Waals surface area contributed by atoms with Crippen molar-refractivity contribution in [2.75, 3.05) is 0 Å². The van der Waals surface area contributed by atoms with Gasteiger partial charge in [0, 0.05) is 18.8 Å². The number of nitrogens with two attached hydrogens (primary N) is 1.